The van der Waals surface area contributed by atoms with Gasteiger partial charge in [0.2, 0.25) is 0 Å². The quantitative estimate of drug-likeness (QED) is 0.501. The van der Waals surface area contributed by atoms with Gasteiger partial charge in [0.1, 0.15) is 20.1 Å². The van der Waals surface area contributed by atoms with Crippen LogP contribution in [0, 0.1) is 0 Å². The van der Waals surface area contributed by atoms with E-state index in [1.165, 1.54) is 4.90 Å². The van der Waals surface area contributed by atoms with Gasteiger partial charge in [-0.2, -0.15) is 0 Å². The van der Waals surface area contributed by atoms with Crippen LogP contribution in [0.4, 0.5) is 4.79 Å². The van der Waals surface area contributed by atoms with Crippen molar-refractivity contribution < 1.29 is 14.5 Å². The number of nitrogens with zero attached hydrogens (tertiary/aromatic N) is 3. The van der Waals surface area contributed by atoms with Crippen molar-refractivity contribution >= 4 is 12.1 Å². The maximum Gasteiger partial charge on any atom is 0.450 e. The zero-order chi connectivity index (χ0) is 9.52. The fourth-order valence-electron chi connectivity index (χ4n) is 1.09. The first-order valence-electron chi connectivity index (χ1n) is 3.81. The molecule has 0 unspecified atom stereocenters. The maximum absolute atomic E-state index is 11.5. The number of rotatable bonds is 1. The lowest BCUT2D eigenvalue weighted by Crippen LogP contribution is -2.49. The van der Waals surface area contributed by atoms with Crippen LogP contribution in [-0.2, 0) is 0 Å². The van der Waals surface area contributed by atoms with Crippen LogP contribution in [0.3, 0.4) is 0 Å². The summed E-state index contributed by atoms with van der Waals surface area (Å²) in [7, 11) is 3.17. The Balaban J connectivity index is 2.97. The number of amidine groups is 1. The summed E-state index contributed by atoms with van der Waals surface area (Å²) in [5, 5.41) is 14.8. The number of urea groups is 1. The third-order valence-corrected chi connectivity index (χ3v) is 1.73. The molecule has 0 aromatic carbocycles. The van der Waals surface area contributed by atoms with E-state index >= 15 is 0 Å². The van der Waals surface area contributed by atoms with Gasteiger partial charge in [0.05, 0.1) is 0 Å². The molecular formula is C7H13N3O2. The summed E-state index contributed by atoms with van der Waals surface area (Å²) in [6, 6.07) is -0.830. The molecule has 0 bridgehead atoms. The highest BCUT2D eigenvalue weighted by atomic mass is 16.3. The molecule has 0 fully saturated rings. The largest absolute Gasteiger partial charge is 0.842 e. The van der Waals surface area contributed by atoms with E-state index in [0.717, 1.165) is 0 Å². The molecule has 5 heteroatoms. The van der Waals surface area contributed by atoms with Crippen LogP contribution in [0.25, 0.3) is 0 Å². The molecule has 0 aliphatic carbocycles. The number of hydrogen-bond donors (Lipinski definition) is 0. The van der Waals surface area contributed by atoms with Crippen LogP contribution >= 0.6 is 0 Å². The first-order chi connectivity index (χ1) is 5.36. The Labute approximate surface area is 71.5 Å². The SMILES string of the molecule is CC(C)N1C(=O)[N+](C)(C)N=C1[O-]. The molecule has 0 saturated heterocycles. The minimum Gasteiger partial charge on any atom is -0.842 e. The number of amides is 2. The van der Waals surface area contributed by atoms with E-state index in [9.17, 15) is 9.90 Å². The second-order valence-corrected chi connectivity index (χ2v) is 3.52. The van der Waals surface area contributed by atoms with Crippen LogP contribution in [0.5, 0.6) is 0 Å². The van der Waals surface area contributed by atoms with Crippen molar-refractivity contribution in [1.82, 2.24) is 4.90 Å². The van der Waals surface area contributed by atoms with Gasteiger partial charge in [-0.05, 0) is 13.8 Å². The van der Waals surface area contributed by atoms with Gasteiger partial charge in [0.25, 0.3) is 0 Å². The van der Waals surface area contributed by atoms with Gasteiger partial charge < -0.3 is 5.11 Å². The first-order valence-corrected chi connectivity index (χ1v) is 3.81. The van der Waals surface area contributed by atoms with Crippen molar-refractivity contribution in [1.29, 1.82) is 0 Å². The van der Waals surface area contributed by atoms with E-state index < -0.39 is 6.02 Å². The van der Waals surface area contributed by atoms with E-state index in [2.05, 4.69) is 5.10 Å². The van der Waals surface area contributed by atoms with Gasteiger partial charge >= 0.3 is 6.03 Å². The van der Waals surface area contributed by atoms with Crippen molar-refractivity contribution in [3.8, 4) is 0 Å². The second kappa shape index (κ2) is 2.45. The summed E-state index contributed by atoms with van der Waals surface area (Å²) in [4.78, 5) is 12.6. The average molecular weight is 171 g/mol. The summed E-state index contributed by atoms with van der Waals surface area (Å²) in [6.45, 7) is 3.58. The van der Waals surface area contributed by atoms with Crippen molar-refractivity contribution in [2.45, 2.75) is 19.9 Å². The molecule has 68 valence electrons. The van der Waals surface area contributed by atoms with Crippen molar-refractivity contribution in [2.24, 2.45) is 5.10 Å². The summed E-state index contributed by atoms with van der Waals surface area (Å²) in [5.74, 6) is 0. The Hall–Kier alpha value is -1.10. The Kier molecular flexibility index (Phi) is 1.83. The molecule has 2 amide bonds. The number of carbonyl (C=O) groups is 1. The predicted octanol–water partition coefficient (Wildman–Crippen LogP) is -0.462. The lowest BCUT2D eigenvalue weighted by atomic mass is 10.3. The number of carbonyl (C=O) groups excluding carboxylic acids is 1. The lowest BCUT2D eigenvalue weighted by Gasteiger charge is -2.22. The minimum atomic E-state index is -0.444. The zero-order valence-electron chi connectivity index (χ0n) is 7.74. The average Bonchev–Trinajstić information content (AvgIpc) is 2.02. The molecule has 0 aromatic heterocycles. The van der Waals surface area contributed by atoms with Crippen molar-refractivity contribution in [3.63, 3.8) is 0 Å². The normalized spacial score (nSPS) is 21.9. The van der Waals surface area contributed by atoms with Gasteiger partial charge in [-0.15, -0.1) is 4.59 Å². The molecule has 0 atom stereocenters. The fourth-order valence-corrected chi connectivity index (χ4v) is 1.09. The summed E-state index contributed by atoms with van der Waals surface area (Å²) < 4.78 is -0.225. The van der Waals surface area contributed by atoms with Crippen molar-refractivity contribution in [3.05, 3.63) is 0 Å². The third kappa shape index (κ3) is 1.16. The monoisotopic (exact) mass is 171 g/mol. The van der Waals surface area contributed by atoms with E-state index in [0.29, 0.717) is 0 Å². The van der Waals surface area contributed by atoms with Crippen LogP contribution in [0.2, 0.25) is 0 Å². The highest BCUT2D eigenvalue weighted by molar-refractivity contribution is 5.91. The smallest absolute Gasteiger partial charge is 0.450 e. The van der Waals surface area contributed by atoms with Gasteiger partial charge in [-0.3, -0.25) is 0 Å². The van der Waals surface area contributed by atoms with E-state index in [1.54, 1.807) is 27.9 Å². The lowest BCUT2D eigenvalue weighted by molar-refractivity contribution is -0.813. The fraction of sp³-hybridized carbons (Fsp3) is 0.714. The highest BCUT2D eigenvalue weighted by Gasteiger charge is 2.40. The summed E-state index contributed by atoms with van der Waals surface area (Å²) >= 11 is 0. The molecule has 1 heterocycles. The molecule has 1 aliphatic rings. The molecule has 1 aliphatic heterocycles. The van der Waals surface area contributed by atoms with Crippen LogP contribution in [0.15, 0.2) is 5.10 Å². The van der Waals surface area contributed by atoms with Gasteiger partial charge in [-0.1, -0.05) is 5.10 Å². The Bertz CT molecular complexity index is 245. The number of quaternary nitrogens is 1. The summed E-state index contributed by atoms with van der Waals surface area (Å²) in [5.41, 5.74) is 0. The van der Waals surface area contributed by atoms with E-state index in [4.69, 9.17) is 0 Å². The predicted molar refractivity (Wildman–Crippen MR) is 41.9 cm³/mol. The molecule has 0 radical (unpaired) electrons. The van der Waals surface area contributed by atoms with Gasteiger partial charge in [0, 0.05) is 6.04 Å². The minimum absolute atomic E-state index is 0.117. The Morgan fingerprint density at radius 2 is 2.00 bits per heavy atom. The van der Waals surface area contributed by atoms with Crippen LogP contribution in [0.1, 0.15) is 13.8 Å². The molecule has 0 aromatic rings. The van der Waals surface area contributed by atoms with Crippen LogP contribution in [-0.4, -0.2) is 41.7 Å². The maximum atomic E-state index is 11.5. The zero-order valence-corrected chi connectivity index (χ0v) is 7.74. The molecule has 0 saturated carbocycles. The molecule has 1 rings (SSSR count). The van der Waals surface area contributed by atoms with Crippen molar-refractivity contribution in [2.75, 3.05) is 14.1 Å². The third-order valence-electron chi connectivity index (χ3n) is 1.73. The van der Waals surface area contributed by atoms with Gasteiger partial charge in [0.15, 0.2) is 0 Å². The van der Waals surface area contributed by atoms with Gasteiger partial charge in [-0.25, -0.2) is 9.69 Å². The molecule has 0 spiro atoms. The Morgan fingerprint density at radius 1 is 1.50 bits per heavy atom. The second-order valence-electron chi connectivity index (χ2n) is 3.52. The molecule has 0 N–H and O–H groups in total. The number of hydrogen-bond acceptors (Lipinski definition) is 3. The molecule has 5 nitrogen and oxygen atoms in total. The van der Waals surface area contributed by atoms with Crippen LogP contribution < -0.4 is 5.11 Å². The van der Waals surface area contributed by atoms with E-state index in [-0.39, 0.29) is 16.7 Å². The molecular weight excluding hydrogens is 158 g/mol. The molecule has 12 heavy (non-hydrogen) atoms. The Morgan fingerprint density at radius 3 is 2.17 bits per heavy atom. The standard InChI is InChI=1S/C7H13N3O2/c1-5(2)9-6(11)8-10(3,4)7(9)12/h5H,1-4H3. The topological polar surface area (TPSA) is 55.7 Å². The summed E-state index contributed by atoms with van der Waals surface area (Å²) in [6.07, 6.45) is 0. The highest BCUT2D eigenvalue weighted by Crippen LogP contribution is 2.16. The van der Waals surface area contributed by atoms with E-state index in [1.807, 2.05) is 0 Å². The first kappa shape index (κ1) is 8.99.